The SMILES string of the molecule is Cc1ccc(SCC(=O)N(Cc2c(Cl)cccc2Cl)[C@H](C)C(=O)NCC(C)C)cc1. The molecule has 0 fully saturated rings. The molecule has 2 amide bonds. The minimum atomic E-state index is -0.651. The van der Waals surface area contributed by atoms with E-state index < -0.39 is 6.04 Å². The first-order valence-electron chi connectivity index (χ1n) is 9.88. The van der Waals surface area contributed by atoms with E-state index in [0.717, 1.165) is 10.5 Å². The number of hydrogen-bond acceptors (Lipinski definition) is 3. The smallest absolute Gasteiger partial charge is 0.242 e. The summed E-state index contributed by atoms with van der Waals surface area (Å²) in [6.07, 6.45) is 0. The number of rotatable bonds is 9. The summed E-state index contributed by atoms with van der Waals surface area (Å²) in [5.74, 6) is 0.192. The molecule has 0 aliphatic carbocycles. The van der Waals surface area contributed by atoms with E-state index in [1.807, 2.05) is 45.0 Å². The van der Waals surface area contributed by atoms with E-state index in [9.17, 15) is 9.59 Å². The largest absolute Gasteiger partial charge is 0.354 e. The van der Waals surface area contributed by atoms with Crippen molar-refractivity contribution in [1.29, 1.82) is 0 Å². The highest BCUT2D eigenvalue weighted by atomic mass is 35.5. The number of nitrogens with one attached hydrogen (secondary N) is 1. The number of hydrogen-bond donors (Lipinski definition) is 1. The fourth-order valence-corrected chi connectivity index (χ4v) is 4.05. The van der Waals surface area contributed by atoms with Crippen molar-refractivity contribution in [2.75, 3.05) is 12.3 Å². The van der Waals surface area contributed by atoms with Crippen LogP contribution in [0.15, 0.2) is 47.4 Å². The predicted molar refractivity (Wildman–Crippen MR) is 126 cm³/mol. The number of benzene rings is 2. The van der Waals surface area contributed by atoms with E-state index in [1.54, 1.807) is 30.0 Å². The molecule has 1 N–H and O–H groups in total. The summed E-state index contributed by atoms with van der Waals surface area (Å²) < 4.78 is 0. The maximum absolute atomic E-state index is 13.1. The monoisotopic (exact) mass is 466 g/mol. The third-order valence-corrected chi connectivity index (χ3v) is 6.33. The molecule has 2 aromatic rings. The number of thioether (sulfide) groups is 1. The summed E-state index contributed by atoms with van der Waals surface area (Å²) >= 11 is 14.1. The van der Waals surface area contributed by atoms with Gasteiger partial charge in [0.15, 0.2) is 0 Å². The molecule has 1 atom stereocenters. The predicted octanol–water partition coefficient (Wildman–Crippen LogP) is 5.58. The van der Waals surface area contributed by atoms with Gasteiger partial charge in [0.1, 0.15) is 6.04 Å². The lowest BCUT2D eigenvalue weighted by Gasteiger charge is -2.29. The van der Waals surface area contributed by atoms with Crippen molar-refractivity contribution in [1.82, 2.24) is 10.2 Å². The van der Waals surface area contributed by atoms with Gasteiger partial charge in [-0.3, -0.25) is 9.59 Å². The zero-order valence-corrected chi connectivity index (χ0v) is 20.1. The molecule has 0 aliphatic heterocycles. The molecule has 0 aliphatic rings. The Morgan fingerprint density at radius 3 is 2.20 bits per heavy atom. The minimum absolute atomic E-state index is 0.149. The molecule has 0 radical (unpaired) electrons. The second kappa shape index (κ2) is 11.6. The molecule has 4 nitrogen and oxygen atoms in total. The van der Waals surface area contributed by atoms with Crippen molar-refractivity contribution in [3.05, 3.63) is 63.6 Å². The van der Waals surface area contributed by atoms with Gasteiger partial charge >= 0.3 is 0 Å². The fourth-order valence-electron chi connectivity index (χ4n) is 2.75. The molecule has 0 bridgehead atoms. The fraction of sp³-hybridized carbons (Fsp3) is 0.391. The van der Waals surface area contributed by atoms with Gasteiger partial charge in [0.2, 0.25) is 11.8 Å². The van der Waals surface area contributed by atoms with Crippen LogP contribution in [-0.4, -0.2) is 35.1 Å². The van der Waals surface area contributed by atoms with E-state index in [2.05, 4.69) is 5.32 Å². The van der Waals surface area contributed by atoms with Gasteiger partial charge in [-0.2, -0.15) is 0 Å². The lowest BCUT2D eigenvalue weighted by molar-refractivity contribution is -0.138. The van der Waals surface area contributed by atoms with Gasteiger partial charge in [-0.1, -0.05) is 60.8 Å². The van der Waals surface area contributed by atoms with Crippen LogP contribution in [0.3, 0.4) is 0 Å². The molecule has 0 spiro atoms. The number of amides is 2. The highest BCUT2D eigenvalue weighted by molar-refractivity contribution is 8.00. The van der Waals surface area contributed by atoms with Gasteiger partial charge in [0.05, 0.1) is 5.75 Å². The Balaban J connectivity index is 2.19. The summed E-state index contributed by atoms with van der Waals surface area (Å²) in [4.78, 5) is 28.4. The number of carbonyl (C=O) groups excluding carboxylic acids is 2. The molecule has 2 rings (SSSR count). The van der Waals surface area contributed by atoms with Crippen molar-refractivity contribution in [3.63, 3.8) is 0 Å². The van der Waals surface area contributed by atoms with Crippen LogP contribution in [0.25, 0.3) is 0 Å². The molecule has 30 heavy (non-hydrogen) atoms. The Bertz CT molecular complexity index is 852. The van der Waals surface area contributed by atoms with E-state index in [-0.39, 0.29) is 24.1 Å². The molecule has 0 saturated heterocycles. The maximum atomic E-state index is 13.1. The average Bonchev–Trinajstić information content (AvgIpc) is 2.70. The zero-order chi connectivity index (χ0) is 22.3. The summed E-state index contributed by atoms with van der Waals surface area (Å²) in [5, 5.41) is 3.85. The zero-order valence-electron chi connectivity index (χ0n) is 17.7. The third-order valence-electron chi connectivity index (χ3n) is 4.63. The standard InChI is InChI=1S/C23H28Cl2N2O2S/c1-15(2)12-26-23(29)17(4)27(13-19-20(24)6-5-7-21(19)25)22(28)14-30-18-10-8-16(3)9-11-18/h5-11,15,17H,12-14H2,1-4H3,(H,26,29)/t17-/m1/s1. The maximum Gasteiger partial charge on any atom is 0.242 e. The average molecular weight is 467 g/mol. The van der Waals surface area contributed by atoms with E-state index in [1.165, 1.54) is 11.8 Å². The quantitative estimate of drug-likeness (QED) is 0.490. The van der Waals surface area contributed by atoms with E-state index >= 15 is 0 Å². The first-order valence-corrected chi connectivity index (χ1v) is 11.6. The van der Waals surface area contributed by atoms with Crippen molar-refractivity contribution < 1.29 is 9.59 Å². The minimum Gasteiger partial charge on any atom is -0.354 e. The van der Waals surface area contributed by atoms with Gasteiger partial charge in [0.25, 0.3) is 0 Å². The van der Waals surface area contributed by atoms with Crippen LogP contribution < -0.4 is 5.32 Å². The van der Waals surface area contributed by atoms with Crippen LogP contribution in [-0.2, 0) is 16.1 Å². The molecule has 0 heterocycles. The van der Waals surface area contributed by atoms with Gasteiger partial charge in [0, 0.05) is 33.6 Å². The molecule has 162 valence electrons. The summed E-state index contributed by atoms with van der Waals surface area (Å²) in [6.45, 7) is 8.52. The number of halogens is 2. The first-order chi connectivity index (χ1) is 14.2. The first kappa shape index (κ1) is 24.6. The van der Waals surface area contributed by atoms with Crippen LogP contribution >= 0.6 is 35.0 Å². The Labute approximate surface area is 193 Å². The molecule has 0 unspecified atom stereocenters. The second-order valence-corrected chi connectivity index (χ2v) is 9.50. The molecule has 2 aromatic carbocycles. The van der Waals surface area contributed by atoms with Gasteiger partial charge < -0.3 is 10.2 Å². The van der Waals surface area contributed by atoms with Crippen molar-refractivity contribution in [2.45, 2.75) is 45.2 Å². The van der Waals surface area contributed by atoms with E-state index in [0.29, 0.717) is 28.1 Å². The normalized spacial score (nSPS) is 12.0. The number of nitrogens with zero attached hydrogens (tertiary/aromatic N) is 1. The summed E-state index contributed by atoms with van der Waals surface area (Å²) in [6, 6.07) is 12.6. The molecular formula is C23H28Cl2N2O2S. The Kier molecular flexibility index (Phi) is 9.53. The van der Waals surface area contributed by atoms with Gasteiger partial charge in [-0.05, 0) is 44.0 Å². The Morgan fingerprint density at radius 1 is 1.03 bits per heavy atom. The molecule has 0 aromatic heterocycles. The third kappa shape index (κ3) is 7.22. The molecule has 7 heteroatoms. The van der Waals surface area contributed by atoms with Crippen LogP contribution in [0.4, 0.5) is 0 Å². The van der Waals surface area contributed by atoms with Crippen LogP contribution in [0.2, 0.25) is 10.0 Å². The number of carbonyl (C=O) groups is 2. The highest BCUT2D eigenvalue weighted by Gasteiger charge is 2.27. The second-order valence-electron chi connectivity index (χ2n) is 7.64. The van der Waals surface area contributed by atoms with Gasteiger partial charge in [-0.15, -0.1) is 11.8 Å². The van der Waals surface area contributed by atoms with Crippen molar-refractivity contribution >= 4 is 46.8 Å². The molecule has 0 saturated carbocycles. The van der Waals surface area contributed by atoms with Crippen molar-refractivity contribution in [2.24, 2.45) is 5.92 Å². The van der Waals surface area contributed by atoms with Crippen LogP contribution in [0, 0.1) is 12.8 Å². The Hall–Kier alpha value is -1.69. The van der Waals surface area contributed by atoms with Gasteiger partial charge in [-0.25, -0.2) is 0 Å². The lowest BCUT2D eigenvalue weighted by Crippen LogP contribution is -2.48. The van der Waals surface area contributed by atoms with Crippen molar-refractivity contribution in [3.8, 4) is 0 Å². The topological polar surface area (TPSA) is 49.4 Å². The van der Waals surface area contributed by atoms with Crippen LogP contribution in [0.5, 0.6) is 0 Å². The van der Waals surface area contributed by atoms with Crippen LogP contribution in [0.1, 0.15) is 31.9 Å². The molecular weight excluding hydrogens is 439 g/mol. The summed E-state index contributed by atoms with van der Waals surface area (Å²) in [7, 11) is 0. The highest BCUT2D eigenvalue weighted by Crippen LogP contribution is 2.27. The lowest BCUT2D eigenvalue weighted by atomic mass is 10.1. The number of aryl methyl sites for hydroxylation is 1. The van der Waals surface area contributed by atoms with E-state index in [4.69, 9.17) is 23.2 Å². The summed E-state index contributed by atoms with van der Waals surface area (Å²) in [5.41, 5.74) is 1.80. The Morgan fingerprint density at radius 2 is 1.63 bits per heavy atom.